The van der Waals surface area contributed by atoms with Crippen LogP contribution in [0.1, 0.15) is 24.8 Å². The second-order valence-corrected chi connectivity index (χ2v) is 7.37. The minimum absolute atomic E-state index is 0.0265. The van der Waals surface area contributed by atoms with Crippen molar-refractivity contribution in [2.75, 3.05) is 6.61 Å². The topological polar surface area (TPSA) is 62.1 Å². The van der Waals surface area contributed by atoms with Crippen molar-refractivity contribution in [3.05, 3.63) is 59.8 Å². The summed E-state index contributed by atoms with van der Waals surface area (Å²) in [6, 6.07) is 11.9. The van der Waals surface area contributed by atoms with E-state index >= 15 is 0 Å². The van der Waals surface area contributed by atoms with E-state index in [9.17, 15) is 0 Å². The summed E-state index contributed by atoms with van der Waals surface area (Å²) in [6.07, 6.45) is 5.06. The van der Waals surface area contributed by atoms with E-state index in [1.165, 1.54) is 6.33 Å². The van der Waals surface area contributed by atoms with Crippen molar-refractivity contribution in [3.63, 3.8) is 0 Å². The Bertz CT molecular complexity index is 1160. The van der Waals surface area contributed by atoms with Crippen LogP contribution in [0.25, 0.3) is 21.9 Å². The molecule has 1 aromatic carbocycles. The first-order chi connectivity index (χ1) is 13.7. The SMILES string of the molecule is Cc1cc2c(Cl)ncnc2n1C1CCC(COc2ccc3cccnc3c2)O1. The molecule has 142 valence electrons. The molecule has 2 unspecified atom stereocenters. The molecule has 6 nitrogen and oxygen atoms in total. The molecule has 3 aromatic heterocycles. The maximum Gasteiger partial charge on any atom is 0.147 e. The number of nitrogens with zero attached hydrogens (tertiary/aromatic N) is 4. The first-order valence-corrected chi connectivity index (χ1v) is 9.68. The molecule has 4 heterocycles. The van der Waals surface area contributed by atoms with E-state index in [1.807, 2.05) is 43.3 Å². The van der Waals surface area contributed by atoms with E-state index in [0.29, 0.717) is 11.8 Å². The van der Waals surface area contributed by atoms with E-state index in [0.717, 1.165) is 46.2 Å². The van der Waals surface area contributed by atoms with Gasteiger partial charge in [-0.25, -0.2) is 9.97 Å². The van der Waals surface area contributed by atoms with Crippen LogP contribution < -0.4 is 4.74 Å². The van der Waals surface area contributed by atoms with Crippen molar-refractivity contribution in [1.82, 2.24) is 19.5 Å². The van der Waals surface area contributed by atoms with Crippen LogP contribution in [0.15, 0.2) is 48.9 Å². The van der Waals surface area contributed by atoms with Crippen LogP contribution in [0.3, 0.4) is 0 Å². The average Bonchev–Trinajstić information content (AvgIpc) is 3.30. The smallest absolute Gasteiger partial charge is 0.147 e. The molecule has 0 radical (unpaired) electrons. The van der Waals surface area contributed by atoms with Crippen molar-refractivity contribution in [1.29, 1.82) is 0 Å². The molecule has 0 bridgehead atoms. The third-order valence-electron chi connectivity index (χ3n) is 5.16. The maximum absolute atomic E-state index is 6.26. The Morgan fingerprint density at radius 1 is 1.18 bits per heavy atom. The highest BCUT2D eigenvalue weighted by atomic mass is 35.5. The molecular formula is C21H19ClN4O2. The van der Waals surface area contributed by atoms with Crippen molar-refractivity contribution in [2.45, 2.75) is 32.1 Å². The van der Waals surface area contributed by atoms with E-state index in [-0.39, 0.29) is 12.3 Å². The van der Waals surface area contributed by atoms with Gasteiger partial charge < -0.3 is 14.0 Å². The highest BCUT2D eigenvalue weighted by Gasteiger charge is 2.29. The normalized spacial score (nSPS) is 19.5. The second-order valence-electron chi connectivity index (χ2n) is 7.02. The number of hydrogen-bond acceptors (Lipinski definition) is 5. The van der Waals surface area contributed by atoms with Gasteiger partial charge in [-0.1, -0.05) is 17.7 Å². The molecule has 1 fully saturated rings. The van der Waals surface area contributed by atoms with Gasteiger partial charge in [-0.3, -0.25) is 4.98 Å². The monoisotopic (exact) mass is 394 g/mol. The molecular weight excluding hydrogens is 376 g/mol. The third-order valence-corrected chi connectivity index (χ3v) is 5.46. The van der Waals surface area contributed by atoms with Gasteiger partial charge >= 0.3 is 0 Å². The lowest BCUT2D eigenvalue weighted by Gasteiger charge is -2.18. The van der Waals surface area contributed by atoms with Crippen molar-refractivity contribution >= 4 is 33.5 Å². The number of benzene rings is 1. The van der Waals surface area contributed by atoms with Gasteiger partial charge in [0.05, 0.1) is 17.0 Å². The molecule has 0 spiro atoms. The van der Waals surface area contributed by atoms with Gasteiger partial charge in [0.25, 0.3) is 0 Å². The fourth-order valence-electron chi connectivity index (χ4n) is 3.82. The van der Waals surface area contributed by atoms with Crippen molar-refractivity contribution in [2.24, 2.45) is 0 Å². The minimum Gasteiger partial charge on any atom is -0.491 e. The highest BCUT2D eigenvalue weighted by molar-refractivity contribution is 6.33. The van der Waals surface area contributed by atoms with Crippen LogP contribution in [0.4, 0.5) is 0 Å². The average molecular weight is 395 g/mol. The molecule has 28 heavy (non-hydrogen) atoms. The molecule has 4 aromatic rings. The Morgan fingerprint density at radius 2 is 2.11 bits per heavy atom. The van der Waals surface area contributed by atoms with Gasteiger partial charge in [-0.15, -0.1) is 0 Å². The lowest BCUT2D eigenvalue weighted by atomic mass is 10.2. The van der Waals surface area contributed by atoms with Gasteiger partial charge in [-0.2, -0.15) is 0 Å². The van der Waals surface area contributed by atoms with Gasteiger partial charge in [0, 0.05) is 23.3 Å². The predicted octanol–water partition coefficient (Wildman–Crippen LogP) is 4.70. The number of fused-ring (bicyclic) bond motifs is 2. The summed E-state index contributed by atoms with van der Waals surface area (Å²) in [5, 5.41) is 2.42. The third kappa shape index (κ3) is 3.08. The maximum atomic E-state index is 6.26. The Hall–Kier alpha value is -2.70. The molecule has 0 N–H and O–H groups in total. The molecule has 5 rings (SSSR count). The summed E-state index contributed by atoms with van der Waals surface area (Å²) in [7, 11) is 0. The molecule has 1 aliphatic rings. The summed E-state index contributed by atoms with van der Waals surface area (Å²) in [6.45, 7) is 2.54. The summed E-state index contributed by atoms with van der Waals surface area (Å²) in [5.74, 6) is 0.806. The summed E-state index contributed by atoms with van der Waals surface area (Å²) < 4.78 is 14.3. The highest BCUT2D eigenvalue weighted by Crippen LogP contribution is 2.34. The Kier molecular flexibility index (Phi) is 4.37. The zero-order chi connectivity index (χ0) is 19.1. The lowest BCUT2D eigenvalue weighted by molar-refractivity contribution is -0.0164. The first kappa shape index (κ1) is 17.4. The van der Waals surface area contributed by atoms with Crippen LogP contribution in [-0.2, 0) is 4.74 Å². The molecule has 1 aliphatic heterocycles. The molecule has 2 atom stereocenters. The fourth-order valence-corrected chi connectivity index (χ4v) is 4.00. The Labute approximate surface area is 167 Å². The van der Waals surface area contributed by atoms with Crippen LogP contribution in [-0.4, -0.2) is 32.2 Å². The van der Waals surface area contributed by atoms with Crippen molar-refractivity contribution in [3.8, 4) is 5.75 Å². The standard InChI is InChI=1S/C21H19ClN4O2/c1-13-9-17-20(22)24-12-25-21(17)26(13)19-7-6-16(28-19)11-27-15-5-4-14-3-2-8-23-18(14)10-15/h2-5,8-10,12,16,19H,6-7,11H2,1H3. The largest absolute Gasteiger partial charge is 0.491 e. The Balaban J connectivity index is 1.30. The number of aromatic nitrogens is 4. The number of pyridine rings is 1. The molecule has 1 saturated heterocycles. The molecule has 0 aliphatic carbocycles. The van der Waals surface area contributed by atoms with Gasteiger partial charge in [0.15, 0.2) is 0 Å². The number of aryl methyl sites for hydroxylation is 1. The fraction of sp³-hybridized carbons (Fsp3) is 0.286. The van der Waals surface area contributed by atoms with E-state index in [2.05, 4.69) is 19.5 Å². The summed E-state index contributed by atoms with van der Waals surface area (Å²) >= 11 is 6.21. The van der Waals surface area contributed by atoms with Gasteiger partial charge in [0.2, 0.25) is 0 Å². The van der Waals surface area contributed by atoms with Crippen LogP contribution in [0.2, 0.25) is 5.15 Å². The van der Waals surface area contributed by atoms with E-state index < -0.39 is 0 Å². The molecule has 7 heteroatoms. The minimum atomic E-state index is -0.0738. The van der Waals surface area contributed by atoms with Crippen LogP contribution >= 0.6 is 11.6 Å². The summed E-state index contributed by atoms with van der Waals surface area (Å²) in [4.78, 5) is 12.8. The molecule has 0 amide bonds. The van der Waals surface area contributed by atoms with E-state index in [4.69, 9.17) is 21.1 Å². The van der Waals surface area contributed by atoms with Crippen LogP contribution in [0, 0.1) is 6.92 Å². The Morgan fingerprint density at radius 3 is 3.04 bits per heavy atom. The van der Waals surface area contributed by atoms with E-state index in [1.54, 1.807) is 6.20 Å². The van der Waals surface area contributed by atoms with Crippen molar-refractivity contribution < 1.29 is 9.47 Å². The quantitative estimate of drug-likeness (QED) is 0.469. The number of ether oxygens (including phenoxy) is 2. The van der Waals surface area contributed by atoms with Crippen LogP contribution in [0.5, 0.6) is 5.75 Å². The zero-order valence-electron chi connectivity index (χ0n) is 15.4. The number of hydrogen-bond donors (Lipinski definition) is 0. The van der Waals surface area contributed by atoms with Gasteiger partial charge in [0.1, 0.15) is 35.7 Å². The van der Waals surface area contributed by atoms with Gasteiger partial charge in [-0.05, 0) is 44.0 Å². The number of rotatable bonds is 4. The number of halogens is 1. The first-order valence-electron chi connectivity index (χ1n) is 9.30. The summed E-state index contributed by atoms with van der Waals surface area (Å²) in [5.41, 5.74) is 2.80. The second kappa shape index (κ2) is 7.04. The predicted molar refractivity (Wildman–Crippen MR) is 108 cm³/mol. The molecule has 0 saturated carbocycles. The lowest BCUT2D eigenvalue weighted by Crippen LogP contribution is -2.19. The zero-order valence-corrected chi connectivity index (χ0v) is 16.1.